The highest BCUT2D eigenvalue weighted by Gasteiger charge is 2.39. The summed E-state index contributed by atoms with van der Waals surface area (Å²) in [7, 11) is 1.60. The van der Waals surface area contributed by atoms with Crippen molar-refractivity contribution in [3.05, 3.63) is 22.0 Å². The van der Waals surface area contributed by atoms with Crippen LogP contribution >= 0.6 is 0 Å². The van der Waals surface area contributed by atoms with E-state index in [9.17, 15) is 15.2 Å². The number of hydrogen-bond donors (Lipinski definition) is 1. The maximum absolute atomic E-state index is 10.9. The number of aliphatic hydroxyl groups is 1. The van der Waals surface area contributed by atoms with Crippen molar-refractivity contribution in [3.8, 4) is 0 Å². The van der Waals surface area contributed by atoms with Crippen LogP contribution in [0, 0.1) is 15.5 Å². The molecule has 8 heteroatoms. The van der Waals surface area contributed by atoms with Crippen LogP contribution in [-0.2, 0) is 16.5 Å². The van der Waals surface area contributed by atoms with Gasteiger partial charge in [0.05, 0.1) is 24.7 Å². The summed E-state index contributed by atoms with van der Waals surface area (Å²) in [5.41, 5.74) is -0.266. The number of nitro groups is 1. The van der Waals surface area contributed by atoms with Gasteiger partial charge in [0, 0.05) is 12.5 Å². The quantitative estimate of drug-likeness (QED) is 0.641. The Balaban J connectivity index is 2.18. The van der Waals surface area contributed by atoms with Gasteiger partial charge < -0.3 is 14.6 Å². The van der Waals surface area contributed by atoms with Crippen LogP contribution in [0.1, 0.15) is 25.3 Å². The van der Waals surface area contributed by atoms with E-state index in [0.717, 1.165) is 0 Å². The minimum Gasteiger partial charge on any atom is -0.396 e. The molecule has 1 aliphatic rings. The van der Waals surface area contributed by atoms with E-state index in [1.165, 1.54) is 10.9 Å². The summed E-state index contributed by atoms with van der Waals surface area (Å²) in [5.74, 6) is 0. The molecule has 0 saturated carbocycles. The molecule has 0 spiro atoms. The first-order valence-corrected chi connectivity index (χ1v) is 6.03. The van der Waals surface area contributed by atoms with Gasteiger partial charge in [0.1, 0.15) is 6.20 Å². The van der Waals surface area contributed by atoms with Gasteiger partial charge in [0.25, 0.3) is 0 Å². The standard InChI is InChI=1S/C11H17N3O5/c1-3-11(5-15)6-18-10(19-7-11)9-8(14(16)17)4-12-13(9)2/h4,10,15H,3,5-7H2,1-2H3. The minimum absolute atomic E-state index is 0.0380. The van der Waals surface area contributed by atoms with Crippen molar-refractivity contribution in [1.29, 1.82) is 0 Å². The van der Waals surface area contributed by atoms with Crippen molar-refractivity contribution in [2.75, 3.05) is 19.8 Å². The monoisotopic (exact) mass is 271 g/mol. The molecule has 8 nitrogen and oxygen atoms in total. The average molecular weight is 271 g/mol. The Labute approximate surface area is 110 Å². The van der Waals surface area contributed by atoms with E-state index < -0.39 is 16.6 Å². The third-order valence-electron chi connectivity index (χ3n) is 3.55. The second kappa shape index (κ2) is 5.24. The summed E-state index contributed by atoms with van der Waals surface area (Å²) >= 11 is 0. The van der Waals surface area contributed by atoms with Gasteiger partial charge in [-0.15, -0.1) is 0 Å². The predicted octanol–water partition coefficient (Wildman–Crippen LogP) is 0.762. The van der Waals surface area contributed by atoms with Crippen LogP contribution in [0.5, 0.6) is 0 Å². The number of aliphatic hydroxyl groups excluding tert-OH is 1. The smallest absolute Gasteiger partial charge is 0.315 e. The first-order valence-electron chi connectivity index (χ1n) is 6.03. The predicted molar refractivity (Wildman–Crippen MR) is 64.3 cm³/mol. The fourth-order valence-electron chi connectivity index (χ4n) is 2.01. The zero-order chi connectivity index (χ0) is 14.0. The summed E-state index contributed by atoms with van der Waals surface area (Å²) in [6.45, 7) is 2.50. The van der Waals surface area contributed by atoms with Crippen LogP contribution in [0.25, 0.3) is 0 Å². The summed E-state index contributed by atoms with van der Waals surface area (Å²) < 4.78 is 12.5. The molecule has 2 rings (SSSR count). The van der Waals surface area contributed by atoms with Gasteiger partial charge in [-0.2, -0.15) is 5.10 Å². The second-order valence-corrected chi connectivity index (χ2v) is 4.76. The lowest BCUT2D eigenvalue weighted by Gasteiger charge is -2.37. The molecular formula is C11H17N3O5. The van der Waals surface area contributed by atoms with Crippen molar-refractivity contribution in [2.45, 2.75) is 19.6 Å². The first kappa shape index (κ1) is 13.9. The second-order valence-electron chi connectivity index (χ2n) is 4.76. The molecule has 0 bridgehead atoms. The summed E-state index contributed by atoms with van der Waals surface area (Å²) in [5, 5.41) is 24.1. The maximum Gasteiger partial charge on any atom is 0.315 e. The molecule has 0 aliphatic carbocycles. The average Bonchev–Trinajstić information content (AvgIpc) is 2.81. The third kappa shape index (κ3) is 2.46. The van der Waals surface area contributed by atoms with E-state index in [2.05, 4.69) is 5.10 Å². The summed E-state index contributed by atoms with van der Waals surface area (Å²) in [4.78, 5) is 10.4. The summed E-state index contributed by atoms with van der Waals surface area (Å²) in [6, 6.07) is 0. The lowest BCUT2D eigenvalue weighted by Crippen LogP contribution is -2.41. The van der Waals surface area contributed by atoms with Crippen LogP contribution in [-0.4, -0.2) is 39.6 Å². The number of aromatic nitrogens is 2. The van der Waals surface area contributed by atoms with Gasteiger partial charge in [-0.25, -0.2) is 0 Å². The molecule has 1 aromatic heterocycles. The van der Waals surface area contributed by atoms with Crippen LogP contribution in [0.3, 0.4) is 0 Å². The molecule has 1 N–H and O–H groups in total. The van der Waals surface area contributed by atoms with Crippen molar-refractivity contribution in [2.24, 2.45) is 12.5 Å². The van der Waals surface area contributed by atoms with E-state index in [4.69, 9.17) is 9.47 Å². The topological polar surface area (TPSA) is 99.6 Å². The molecule has 1 aromatic rings. The molecule has 106 valence electrons. The van der Waals surface area contributed by atoms with E-state index in [1.807, 2.05) is 6.92 Å². The highest BCUT2D eigenvalue weighted by molar-refractivity contribution is 5.34. The van der Waals surface area contributed by atoms with Crippen molar-refractivity contribution in [1.82, 2.24) is 9.78 Å². The van der Waals surface area contributed by atoms with E-state index in [-0.39, 0.29) is 18.0 Å². The minimum atomic E-state index is -0.820. The van der Waals surface area contributed by atoms with Crippen LogP contribution < -0.4 is 0 Å². The fourth-order valence-corrected chi connectivity index (χ4v) is 2.01. The number of hydrogen-bond acceptors (Lipinski definition) is 6. The van der Waals surface area contributed by atoms with Gasteiger partial charge in [-0.3, -0.25) is 14.8 Å². The molecule has 1 saturated heterocycles. The molecule has 0 amide bonds. The third-order valence-corrected chi connectivity index (χ3v) is 3.55. The zero-order valence-electron chi connectivity index (χ0n) is 10.9. The number of aryl methyl sites for hydroxylation is 1. The fraction of sp³-hybridized carbons (Fsp3) is 0.727. The Kier molecular flexibility index (Phi) is 3.83. The Bertz CT molecular complexity index is 459. The highest BCUT2D eigenvalue weighted by Crippen LogP contribution is 2.36. The van der Waals surface area contributed by atoms with Crippen molar-refractivity contribution < 1.29 is 19.5 Å². The molecule has 0 unspecified atom stereocenters. The molecule has 19 heavy (non-hydrogen) atoms. The van der Waals surface area contributed by atoms with E-state index in [0.29, 0.717) is 19.6 Å². The normalized spacial score (nSPS) is 27.4. The number of rotatable bonds is 4. The Morgan fingerprint density at radius 1 is 1.63 bits per heavy atom. The Morgan fingerprint density at radius 3 is 2.74 bits per heavy atom. The van der Waals surface area contributed by atoms with Gasteiger partial charge in [-0.05, 0) is 6.42 Å². The number of nitrogens with zero attached hydrogens (tertiary/aromatic N) is 3. The van der Waals surface area contributed by atoms with E-state index >= 15 is 0 Å². The molecule has 2 heterocycles. The molecular weight excluding hydrogens is 254 g/mol. The van der Waals surface area contributed by atoms with Gasteiger partial charge in [0.2, 0.25) is 6.29 Å². The van der Waals surface area contributed by atoms with Crippen molar-refractivity contribution in [3.63, 3.8) is 0 Å². The highest BCUT2D eigenvalue weighted by atomic mass is 16.7. The summed E-state index contributed by atoms with van der Waals surface area (Å²) in [6.07, 6.45) is 1.07. The lowest BCUT2D eigenvalue weighted by molar-refractivity contribution is -0.388. The van der Waals surface area contributed by atoms with Crippen LogP contribution in [0.15, 0.2) is 6.20 Å². The van der Waals surface area contributed by atoms with Crippen LogP contribution in [0.2, 0.25) is 0 Å². The number of ether oxygens (including phenoxy) is 2. The van der Waals surface area contributed by atoms with E-state index in [1.54, 1.807) is 7.05 Å². The molecule has 1 aliphatic heterocycles. The largest absolute Gasteiger partial charge is 0.396 e. The molecule has 0 radical (unpaired) electrons. The maximum atomic E-state index is 10.9. The molecule has 0 atom stereocenters. The Hall–Kier alpha value is -1.51. The molecule has 0 aromatic carbocycles. The first-order chi connectivity index (χ1) is 9.03. The SMILES string of the molecule is CCC1(CO)COC(c2c([N+](=O)[O-])cnn2C)OC1. The van der Waals surface area contributed by atoms with Crippen molar-refractivity contribution >= 4 is 5.69 Å². The van der Waals surface area contributed by atoms with Gasteiger partial charge >= 0.3 is 5.69 Å². The lowest BCUT2D eigenvalue weighted by atomic mass is 9.87. The molecule has 1 fully saturated rings. The van der Waals surface area contributed by atoms with Gasteiger partial charge in [-0.1, -0.05) is 6.92 Å². The van der Waals surface area contributed by atoms with Gasteiger partial charge in [0.15, 0.2) is 5.69 Å². The Morgan fingerprint density at radius 2 is 2.26 bits per heavy atom. The zero-order valence-corrected chi connectivity index (χ0v) is 10.9. The van der Waals surface area contributed by atoms with Crippen LogP contribution in [0.4, 0.5) is 5.69 Å².